The van der Waals surface area contributed by atoms with E-state index in [1.807, 2.05) is 6.92 Å². The average Bonchev–Trinajstić information content (AvgIpc) is 2.28. The topological polar surface area (TPSA) is 26.3 Å². The van der Waals surface area contributed by atoms with Crippen molar-refractivity contribution >= 4 is 5.78 Å². The first-order valence-corrected chi connectivity index (χ1v) is 4.89. The number of ether oxygens (including phenoxy) is 1. The summed E-state index contributed by atoms with van der Waals surface area (Å²) in [6.45, 7) is 3.61. The SMILES string of the molecule is CCC(C)(OC)C(=O)c1ccc(F)cc1. The lowest BCUT2D eigenvalue weighted by Crippen LogP contribution is -2.36. The number of carbonyl (C=O) groups is 1. The van der Waals surface area contributed by atoms with Crippen LogP contribution in [0.15, 0.2) is 24.3 Å². The van der Waals surface area contributed by atoms with E-state index in [0.717, 1.165) is 0 Å². The zero-order valence-corrected chi connectivity index (χ0v) is 9.21. The second-order valence-electron chi connectivity index (χ2n) is 3.62. The van der Waals surface area contributed by atoms with E-state index in [4.69, 9.17) is 4.74 Å². The Labute approximate surface area is 89.1 Å². The van der Waals surface area contributed by atoms with Crippen molar-refractivity contribution in [3.05, 3.63) is 35.6 Å². The Morgan fingerprint density at radius 3 is 2.33 bits per heavy atom. The third-order valence-corrected chi connectivity index (χ3v) is 2.71. The molecule has 0 fully saturated rings. The molecule has 0 amide bonds. The molecule has 0 aliphatic heterocycles. The average molecular weight is 210 g/mol. The molecule has 0 aliphatic carbocycles. The summed E-state index contributed by atoms with van der Waals surface area (Å²) in [6.07, 6.45) is 0.583. The molecule has 2 nitrogen and oxygen atoms in total. The highest BCUT2D eigenvalue weighted by Crippen LogP contribution is 2.20. The first kappa shape index (κ1) is 11.9. The van der Waals surface area contributed by atoms with Crippen LogP contribution >= 0.6 is 0 Å². The van der Waals surface area contributed by atoms with Crippen molar-refractivity contribution < 1.29 is 13.9 Å². The van der Waals surface area contributed by atoms with Gasteiger partial charge in [0.05, 0.1) is 0 Å². The van der Waals surface area contributed by atoms with Crippen molar-refractivity contribution in [3.63, 3.8) is 0 Å². The molecule has 0 N–H and O–H groups in total. The van der Waals surface area contributed by atoms with Gasteiger partial charge in [0.2, 0.25) is 0 Å². The van der Waals surface area contributed by atoms with Crippen molar-refractivity contribution in [2.24, 2.45) is 0 Å². The molecule has 3 heteroatoms. The quantitative estimate of drug-likeness (QED) is 0.714. The molecule has 82 valence electrons. The Morgan fingerprint density at radius 2 is 1.93 bits per heavy atom. The summed E-state index contributed by atoms with van der Waals surface area (Å²) in [4.78, 5) is 12.0. The second-order valence-corrected chi connectivity index (χ2v) is 3.62. The molecule has 1 rings (SSSR count). The minimum absolute atomic E-state index is 0.118. The Morgan fingerprint density at radius 1 is 1.40 bits per heavy atom. The second kappa shape index (κ2) is 4.53. The van der Waals surface area contributed by atoms with Crippen LogP contribution in [0.4, 0.5) is 4.39 Å². The van der Waals surface area contributed by atoms with Crippen molar-refractivity contribution in [1.29, 1.82) is 0 Å². The summed E-state index contributed by atoms with van der Waals surface area (Å²) in [5, 5.41) is 0. The molecule has 0 bridgehead atoms. The van der Waals surface area contributed by atoms with Gasteiger partial charge in [-0.2, -0.15) is 0 Å². The zero-order valence-electron chi connectivity index (χ0n) is 9.21. The molecule has 0 aromatic heterocycles. The smallest absolute Gasteiger partial charge is 0.194 e. The standard InChI is InChI=1S/C12H15FO2/c1-4-12(2,15-3)11(14)9-5-7-10(13)8-6-9/h5-8H,4H2,1-3H3. The summed E-state index contributed by atoms with van der Waals surface area (Å²) in [5.74, 6) is -0.463. The van der Waals surface area contributed by atoms with E-state index in [2.05, 4.69) is 0 Å². The summed E-state index contributed by atoms with van der Waals surface area (Å²) in [7, 11) is 1.50. The molecule has 1 unspecified atom stereocenters. The number of rotatable bonds is 4. The van der Waals surface area contributed by atoms with Crippen molar-refractivity contribution in [3.8, 4) is 0 Å². The molecular formula is C12H15FO2. The number of hydrogen-bond donors (Lipinski definition) is 0. The highest BCUT2D eigenvalue weighted by molar-refractivity contribution is 6.02. The van der Waals surface area contributed by atoms with Crippen LogP contribution in [0.5, 0.6) is 0 Å². The van der Waals surface area contributed by atoms with Gasteiger partial charge in [-0.05, 0) is 37.6 Å². The van der Waals surface area contributed by atoms with E-state index in [9.17, 15) is 9.18 Å². The van der Waals surface area contributed by atoms with E-state index < -0.39 is 5.60 Å². The Bertz CT molecular complexity index is 339. The molecule has 0 aliphatic rings. The molecule has 0 spiro atoms. The van der Waals surface area contributed by atoms with Gasteiger partial charge in [0.15, 0.2) is 5.78 Å². The van der Waals surface area contributed by atoms with Crippen molar-refractivity contribution in [2.45, 2.75) is 25.9 Å². The van der Waals surface area contributed by atoms with Crippen LogP contribution in [0.3, 0.4) is 0 Å². The van der Waals surface area contributed by atoms with Gasteiger partial charge in [-0.25, -0.2) is 4.39 Å². The fourth-order valence-corrected chi connectivity index (χ4v) is 1.30. The van der Waals surface area contributed by atoms with Crippen LogP contribution in [-0.2, 0) is 4.74 Å². The van der Waals surface area contributed by atoms with Gasteiger partial charge in [-0.3, -0.25) is 4.79 Å². The number of carbonyl (C=O) groups excluding carboxylic acids is 1. The van der Waals surface area contributed by atoms with E-state index in [1.54, 1.807) is 6.92 Å². The fraction of sp³-hybridized carbons (Fsp3) is 0.417. The van der Waals surface area contributed by atoms with Crippen LogP contribution < -0.4 is 0 Å². The van der Waals surface area contributed by atoms with Crippen LogP contribution in [0.25, 0.3) is 0 Å². The van der Waals surface area contributed by atoms with E-state index in [-0.39, 0.29) is 11.6 Å². The number of benzene rings is 1. The van der Waals surface area contributed by atoms with Gasteiger partial charge in [0.1, 0.15) is 11.4 Å². The Kier molecular flexibility index (Phi) is 3.58. The third kappa shape index (κ3) is 2.42. The number of Topliss-reactive ketones (excluding diaryl/α,β-unsaturated/α-hetero) is 1. The third-order valence-electron chi connectivity index (χ3n) is 2.71. The maximum atomic E-state index is 12.7. The molecule has 0 saturated heterocycles. The lowest BCUT2D eigenvalue weighted by Gasteiger charge is -2.24. The summed E-state index contributed by atoms with van der Waals surface area (Å²) < 4.78 is 17.9. The van der Waals surface area contributed by atoms with Gasteiger partial charge in [0.25, 0.3) is 0 Å². The minimum atomic E-state index is -0.822. The lowest BCUT2D eigenvalue weighted by molar-refractivity contribution is 0.0106. The van der Waals surface area contributed by atoms with Gasteiger partial charge >= 0.3 is 0 Å². The molecule has 15 heavy (non-hydrogen) atoms. The Balaban J connectivity index is 2.98. The summed E-state index contributed by atoms with van der Waals surface area (Å²) in [5.41, 5.74) is -0.347. The first-order valence-electron chi connectivity index (χ1n) is 4.89. The predicted molar refractivity (Wildman–Crippen MR) is 56.4 cm³/mol. The van der Waals surface area contributed by atoms with Crippen LogP contribution in [-0.4, -0.2) is 18.5 Å². The number of hydrogen-bond acceptors (Lipinski definition) is 2. The lowest BCUT2D eigenvalue weighted by atomic mass is 9.92. The fourth-order valence-electron chi connectivity index (χ4n) is 1.30. The number of halogens is 1. The Hall–Kier alpha value is -1.22. The van der Waals surface area contributed by atoms with Crippen LogP contribution in [0.2, 0.25) is 0 Å². The normalized spacial score (nSPS) is 14.7. The maximum Gasteiger partial charge on any atom is 0.194 e. The highest BCUT2D eigenvalue weighted by Gasteiger charge is 2.31. The van der Waals surface area contributed by atoms with Gasteiger partial charge in [-0.1, -0.05) is 6.92 Å². The largest absolute Gasteiger partial charge is 0.370 e. The van der Waals surface area contributed by atoms with Gasteiger partial charge in [-0.15, -0.1) is 0 Å². The first-order chi connectivity index (χ1) is 7.03. The molecule has 1 aromatic rings. The zero-order chi connectivity index (χ0) is 11.5. The van der Waals surface area contributed by atoms with Crippen LogP contribution in [0, 0.1) is 5.82 Å². The summed E-state index contributed by atoms with van der Waals surface area (Å²) in [6, 6.07) is 5.51. The van der Waals surface area contributed by atoms with Crippen LogP contribution in [0.1, 0.15) is 30.6 Å². The molecular weight excluding hydrogens is 195 g/mol. The summed E-state index contributed by atoms with van der Waals surface area (Å²) >= 11 is 0. The molecule has 0 heterocycles. The monoisotopic (exact) mass is 210 g/mol. The molecule has 0 saturated carbocycles. The van der Waals surface area contributed by atoms with E-state index in [1.165, 1.54) is 31.4 Å². The number of ketones is 1. The minimum Gasteiger partial charge on any atom is -0.370 e. The van der Waals surface area contributed by atoms with Crippen molar-refractivity contribution in [1.82, 2.24) is 0 Å². The molecule has 1 atom stereocenters. The molecule has 1 aromatic carbocycles. The van der Waals surface area contributed by atoms with Gasteiger partial charge < -0.3 is 4.74 Å². The van der Waals surface area contributed by atoms with Crippen molar-refractivity contribution in [2.75, 3.05) is 7.11 Å². The van der Waals surface area contributed by atoms with Gasteiger partial charge in [0, 0.05) is 12.7 Å². The predicted octanol–water partition coefficient (Wildman–Crippen LogP) is 2.82. The van der Waals surface area contributed by atoms with E-state index >= 15 is 0 Å². The van der Waals surface area contributed by atoms with E-state index in [0.29, 0.717) is 12.0 Å². The number of methoxy groups -OCH3 is 1. The molecule has 0 radical (unpaired) electrons. The highest BCUT2D eigenvalue weighted by atomic mass is 19.1. The maximum absolute atomic E-state index is 12.7.